The van der Waals surface area contributed by atoms with Gasteiger partial charge in [-0.3, -0.25) is 0 Å². The SMILES string of the molecule is CCC(C)(CCO)Nc1nc(Cl)nc(NC)n1. The van der Waals surface area contributed by atoms with Gasteiger partial charge >= 0.3 is 0 Å². The van der Waals surface area contributed by atoms with E-state index in [1.807, 2.05) is 13.8 Å². The second-order valence-corrected chi connectivity index (χ2v) is 4.35. The van der Waals surface area contributed by atoms with Gasteiger partial charge in [0.05, 0.1) is 0 Å². The van der Waals surface area contributed by atoms with Crippen LogP contribution in [0.1, 0.15) is 26.7 Å². The Hall–Kier alpha value is -1.14. The normalized spacial score (nSPS) is 14.2. The van der Waals surface area contributed by atoms with Gasteiger partial charge in [-0.15, -0.1) is 0 Å². The van der Waals surface area contributed by atoms with Crippen LogP contribution in [0.15, 0.2) is 0 Å². The summed E-state index contributed by atoms with van der Waals surface area (Å²) in [6.07, 6.45) is 1.45. The van der Waals surface area contributed by atoms with Crippen molar-refractivity contribution in [2.45, 2.75) is 32.2 Å². The Morgan fingerprint density at radius 3 is 2.47 bits per heavy atom. The van der Waals surface area contributed by atoms with E-state index >= 15 is 0 Å². The molecule has 96 valence electrons. The monoisotopic (exact) mass is 259 g/mol. The van der Waals surface area contributed by atoms with E-state index in [-0.39, 0.29) is 17.4 Å². The predicted molar refractivity (Wildman–Crippen MR) is 68.4 cm³/mol. The number of anilines is 2. The van der Waals surface area contributed by atoms with Gasteiger partial charge in [0.25, 0.3) is 0 Å². The molecule has 0 amide bonds. The van der Waals surface area contributed by atoms with Crippen LogP contribution in [-0.2, 0) is 0 Å². The third-order valence-corrected chi connectivity index (χ3v) is 2.86. The van der Waals surface area contributed by atoms with Gasteiger partial charge < -0.3 is 15.7 Å². The van der Waals surface area contributed by atoms with Gasteiger partial charge in [0.1, 0.15) is 0 Å². The molecular formula is C10H18ClN5O. The third-order valence-electron chi connectivity index (χ3n) is 2.69. The molecule has 1 atom stereocenters. The first-order valence-corrected chi connectivity index (χ1v) is 5.89. The van der Waals surface area contributed by atoms with Crippen LogP contribution < -0.4 is 10.6 Å². The zero-order valence-corrected chi connectivity index (χ0v) is 11.0. The molecular weight excluding hydrogens is 242 g/mol. The second kappa shape index (κ2) is 5.97. The van der Waals surface area contributed by atoms with Crippen molar-refractivity contribution in [1.82, 2.24) is 15.0 Å². The molecule has 17 heavy (non-hydrogen) atoms. The molecule has 1 aromatic rings. The molecule has 0 fully saturated rings. The molecule has 1 aromatic heterocycles. The number of aliphatic hydroxyl groups excluding tert-OH is 1. The van der Waals surface area contributed by atoms with Crippen molar-refractivity contribution < 1.29 is 5.11 Å². The average Bonchev–Trinajstić information content (AvgIpc) is 2.28. The van der Waals surface area contributed by atoms with E-state index in [1.165, 1.54) is 0 Å². The molecule has 0 aliphatic carbocycles. The van der Waals surface area contributed by atoms with Gasteiger partial charge in [0, 0.05) is 19.2 Å². The summed E-state index contributed by atoms with van der Waals surface area (Å²) in [4.78, 5) is 12.1. The van der Waals surface area contributed by atoms with E-state index in [0.29, 0.717) is 18.3 Å². The van der Waals surface area contributed by atoms with E-state index in [9.17, 15) is 0 Å². The lowest BCUT2D eigenvalue weighted by Gasteiger charge is -2.28. The van der Waals surface area contributed by atoms with Crippen molar-refractivity contribution >= 4 is 23.5 Å². The number of hydrogen-bond acceptors (Lipinski definition) is 6. The molecule has 0 bridgehead atoms. The zero-order valence-electron chi connectivity index (χ0n) is 10.3. The van der Waals surface area contributed by atoms with Crippen molar-refractivity contribution in [1.29, 1.82) is 0 Å². The summed E-state index contributed by atoms with van der Waals surface area (Å²) < 4.78 is 0. The number of halogens is 1. The Balaban J connectivity index is 2.89. The maximum atomic E-state index is 9.03. The van der Waals surface area contributed by atoms with Gasteiger partial charge in [0.2, 0.25) is 17.2 Å². The fraction of sp³-hybridized carbons (Fsp3) is 0.700. The average molecular weight is 260 g/mol. The molecule has 0 aliphatic heterocycles. The molecule has 1 unspecified atom stereocenters. The van der Waals surface area contributed by atoms with E-state index in [4.69, 9.17) is 16.7 Å². The first-order valence-electron chi connectivity index (χ1n) is 5.51. The second-order valence-electron chi connectivity index (χ2n) is 4.01. The highest BCUT2D eigenvalue weighted by Gasteiger charge is 2.22. The minimum atomic E-state index is -0.259. The fourth-order valence-corrected chi connectivity index (χ4v) is 1.52. The zero-order chi connectivity index (χ0) is 12.9. The van der Waals surface area contributed by atoms with Gasteiger partial charge in [0.15, 0.2) is 0 Å². The first-order chi connectivity index (χ1) is 8.03. The van der Waals surface area contributed by atoms with E-state index < -0.39 is 0 Å². The summed E-state index contributed by atoms with van der Waals surface area (Å²) >= 11 is 5.79. The Morgan fingerprint density at radius 2 is 1.94 bits per heavy atom. The van der Waals surface area contributed by atoms with Crippen LogP contribution in [0.25, 0.3) is 0 Å². The summed E-state index contributed by atoms with van der Waals surface area (Å²) in [5.41, 5.74) is -0.259. The number of aliphatic hydroxyl groups is 1. The summed E-state index contributed by atoms with van der Waals surface area (Å²) in [7, 11) is 1.71. The highest BCUT2D eigenvalue weighted by Crippen LogP contribution is 2.20. The summed E-state index contributed by atoms with van der Waals surface area (Å²) in [5.74, 6) is 0.821. The molecule has 3 N–H and O–H groups in total. The van der Waals surface area contributed by atoms with Crippen LogP contribution in [0.4, 0.5) is 11.9 Å². The third kappa shape index (κ3) is 3.98. The van der Waals surface area contributed by atoms with Crippen LogP contribution >= 0.6 is 11.6 Å². The van der Waals surface area contributed by atoms with Crippen LogP contribution in [-0.4, -0.2) is 39.3 Å². The Morgan fingerprint density at radius 1 is 1.29 bits per heavy atom. The van der Waals surface area contributed by atoms with Crippen molar-refractivity contribution in [2.24, 2.45) is 0 Å². The Labute approximate surface area is 106 Å². The minimum absolute atomic E-state index is 0.106. The summed E-state index contributed by atoms with van der Waals surface area (Å²) in [6.45, 7) is 4.14. The van der Waals surface area contributed by atoms with Crippen molar-refractivity contribution in [3.05, 3.63) is 5.28 Å². The lowest BCUT2D eigenvalue weighted by atomic mass is 9.95. The molecule has 7 heteroatoms. The van der Waals surface area contributed by atoms with Crippen LogP contribution in [0.2, 0.25) is 5.28 Å². The molecule has 0 spiro atoms. The molecule has 1 heterocycles. The highest BCUT2D eigenvalue weighted by molar-refractivity contribution is 6.28. The Kier molecular flexibility index (Phi) is 4.89. The summed E-state index contributed by atoms with van der Waals surface area (Å²) in [5, 5.41) is 15.2. The molecule has 1 rings (SSSR count). The fourth-order valence-electron chi connectivity index (χ4n) is 1.36. The highest BCUT2D eigenvalue weighted by atomic mass is 35.5. The molecule has 0 aromatic carbocycles. The number of nitrogens with one attached hydrogen (secondary N) is 2. The minimum Gasteiger partial charge on any atom is -0.396 e. The maximum Gasteiger partial charge on any atom is 0.229 e. The van der Waals surface area contributed by atoms with E-state index in [0.717, 1.165) is 6.42 Å². The number of rotatable bonds is 6. The molecule has 0 radical (unpaired) electrons. The van der Waals surface area contributed by atoms with Gasteiger partial charge in [-0.25, -0.2) is 0 Å². The smallest absolute Gasteiger partial charge is 0.229 e. The quantitative estimate of drug-likeness (QED) is 0.719. The number of aromatic nitrogens is 3. The van der Waals surface area contributed by atoms with Crippen LogP contribution in [0.3, 0.4) is 0 Å². The molecule has 0 aliphatic rings. The van der Waals surface area contributed by atoms with Crippen molar-refractivity contribution in [3.63, 3.8) is 0 Å². The lowest BCUT2D eigenvalue weighted by molar-refractivity contribution is 0.251. The largest absolute Gasteiger partial charge is 0.396 e. The van der Waals surface area contributed by atoms with E-state index in [2.05, 4.69) is 25.6 Å². The predicted octanol–water partition coefficient (Wildman–Crippen LogP) is 1.53. The first kappa shape index (κ1) is 13.9. The van der Waals surface area contributed by atoms with Gasteiger partial charge in [-0.1, -0.05) is 6.92 Å². The van der Waals surface area contributed by atoms with Crippen LogP contribution in [0, 0.1) is 0 Å². The number of hydrogen-bond donors (Lipinski definition) is 3. The van der Waals surface area contributed by atoms with Crippen LogP contribution in [0.5, 0.6) is 0 Å². The molecule has 0 saturated heterocycles. The molecule has 0 saturated carbocycles. The van der Waals surface area contributed by atoms with Crippen molar-refractivity contribution in [3.8, 4) is 0 Å². The Bertz CT molecular complexity index is 376. The standard InChI is InChI=1S/C10H18ClN5O/c1-4-10(2,5-6-17)16-9-14-7(11)13-8(12-3)15-9/h17H,4-6H2,1-3H3,(H2,12,13,14,15,16). The number of nitrogens with zero attached hydrogens (tertiary/aromatic N) is 3. The summed E-state index contributed by atoms with van der Waals surface area (Å²) in [6, 6.07) is 0. The van der Waals surface area contributed by atoms with Gasteiger partial charge in [-0.2, -0.15) is 15.0 Å². The maximum absolute atomic E-state index is 9.03. The van der Waals surface area contributed by atoms with E-state index in [1.54, 1.807) is 7.05 Å². The lowest BCUT2D eigenvalue weighted by Crippen LogP contribution is -2.36. The van der Waals surface area contributed by atoms with Crippen molar-refractivity contribution in [2.75, 3.05) is 24.3 Å². The molecule has 6 nitrogen and oxygen atoms in total. The topological polar surface area (TPSA) is 83.0 Å². The van der Waals surface area contributed by atoms with Gasteiger partial charge in [-0.05, 0) is 31.4 Å².